The molecule has 0 saturated carbocycles. The van der Waals surface area contributed by atoms with E-state index in [1.165, 1.54) is 10.8 Å². The maximum absolute atomic E-state index is 12.8. The van der Waals surface area contributed by atoms with E-state index in [9.17, 15) is 9.59 Å². The molecular weight excluding hydrogens is 442 g/mol. The minimum absolute atomic E-state index is 0.164. The quantitative estimate of drug-likeness (QED) is 0.385. The SMILES string of the molecule is CCOc1ccc(CCNC(=O)Cn2ncn3nc(-c4cccs4)cc3c2=O)cc1OCC. The van der Waals surface area contributed by atoms with Crippen molar-refractivity contribution in [2.45, 2.75) is 26.8 Å². The Morgan fingerprint density at radius 1 is 1.12 bits per heavy atom. The van der Waals surface area contributed by atoms with Crippen LogP contribution in [-0.2, 0) is 17.8 Å². The van der Waals surface area contributed by atoms with Gasteiger partial charge in [-0.1, -0.05) is 12.1 Å². The van der Waals surface area contributed by atoms with Crippen LogP contribution in [0.4, 0.5) is 0 Å². The standard InChI is InChI=1S/C23H25N5O4S/c1-3-31-19-8-7-16(12-20(19)32-4-2)9-10-24-22(29)14-27-23(30)18-13-17(21-6-5-11-33-21)26-28(18)15-25-27/h5-8,11-13,15H,3-4,9-10,14H2,1-2H3,(H,24,29). The molecule has 0 saturated heterocycles. The van der Waals surface area contributed by atoms with Crippen molar-refractivity contribution in [3.05, 3.63) is 64.0 Å². The lowest BCUT2D eigenvalue weighted by atomic mass is 10.1. The zero-order valence-corrected chi connectivity index (χ0v) is 19.3. The normalized spacial score (nSPS) is 11.0. The molecule has 0 radical (unpaired) electrons. The highest BCUT2D eigenvalue weighted by Crippen LogP contribution is 2.28. The number of amides is 1. The van der Waals surface area contributed by atoms with E-state index >= 15 is 0 Å². The molecule has 10 heteroatoms. The van der Waals surface area contributed by atoms with Crippen LogP contribution in [0.1, 0.15) is 19.4 Å². The Kier molecular flexibility index (Phi) is 7.04. The van der Waals surface area contributed by atoms with Gasteiger partial charge in [0.15, 0.2) is 11.5 Å². The predicted molar refractivity (Wildman–Crippen MR) is 126 cm³/mol. The molecule has 1 N–H and O–H groups in total. The monoisotopic (exact) mass is 467 g/mol. The highest BCUT2D eigenvalue weighted by Gasteiger charge is 2.13. The highest BCUT2D eigenvalue weighted by molar-refractivity contribution is 7.13. The first-order chi connectivity index (χ1) is 16.1. The fourth-order valence-electron chi connectivity index (χ4n) is 3.38. The zero-order chi connectivity index (χ0) is 23.2. The molecule has 0 aliphatic heterocycles. The van der Waals surface area contributed by atoms with Crippen molar-refractivity contribution in [2.24, 2.45) is 0 Å². The van der Waals surface area contributed by atoms with Crippen LogP contribution < -0.4 is 20.3 Å². The number of nitrogens with zero attached hydrogens (tertiary/aromatic N) is 4. The fourth-order valence-corrected chi connectivity index (χ4v) is 4.07. The molecule has 9 nitrogen and oxygen atoms in total. The molecule has 33 heavy (non-hydrogen) atoms. The van der Waals surface area contributed by atoms with Gasteiger partial charge in [0.25, 0.3) is 5.56 Å². The van der Waals surface area contributed by atoms with Crippen LogP contribution >= 0.6 is 11.3 Å². The summed E-state index contributed by atoms with van der Waals surface area (Å²) >= 11 is 1.54. The summed E-state index contributed by atoms with van der Waals surface area (Å²) in [6.07, 6.45) is 2.06. The lowest BCUT2D eigenvalue weighted by molar-refractivity contribution is -0.121. The number of carbonyl (C=O) groups excluding carboxylic acids is 1. The van der Waals surface area contributed by atoms with Crippen molar-refractivity contribution in [1.82, 2.24) is 24.7 Å². The van der Waals surface area contributed by atoms with Crippen LogP contribution in [0.25, 0.3) is 16.1 Å². The third kappa shape index (κ3) is 5.23. The number of benzene rings is 1. The summed E-state index contributed by atoms with van der Waals surface area (Å²) in [6.45, 7) is 5.20. The fraction of sp³-hybridized carbons (Fsp3) is 0.304. The second kappa shape index (κ2) is 10.3. The summed E-state index contributed by atoms with van der Waals surface area (Å²) in [5, 5.41) is 13.3. The first-order valence-corrected chi connectivity index (χ1v) is 11.6. The summed E-state index contributed by atoms with van der Waals surface area (Å²) in [7, 11) is 0. The van der Waals surface area contributed by atoms with E-state index in [2.05, 4.69) is 15.5 Å². The maximum atomic E-state index is 12.8. The first-order valence-electron chi connectivity index (χ1n) is 10.7. The minimum Gasteiger partial charge on any atom is -0.490 e. The van der Waals surface area contributed by atoms with Crippen molar-refractivity contribution in [3.63, 3.8) is 0 Å². The number of thiophene rings is 1. The summed E-state index contributed by atoms with van der Waals surface area (Å²) < 4.78 is 13.8. The molecule has 0 atom stereocenters. The summed E-state index contributed by atoms with van der Waals surface area (Å²) in [5.41, 5.74) is 1.72. The van der Waals surface area contributed by atoms with E-state index in [1.807, 2.05) is 49.6 Å². The lowest BCUT2D eigenvalue weighted by Gasteiger charge is -2.12. The van der Waals surface area contributed by atoms with Crippen molar-refractivity contribution in [3.8, 4) is 22.1 Å². The van der Waals surface area contributed by atoms with Crippen LogP contribution in [0, 0.1) is 0 Å². The largest absolute Gasteiger partial charge is 0.490 e. The second-order valence-corrected chi connectivity index (χ2v) is 8.13. The van der Waals surface area contributed by atoms with Gasteiger partial charge in [0.2, 0.25) is 5.91 Å². The Morgan fingerprint density at radius 2 is 1.94 bits per heavy atom. The molecule has 0 fully saturated rings. The molecule has 3 heterocycles. The van der Waals surface area contributed by atoms with E-state index in [1.54, 1.807) is 17.4 Å². The van der Waals surface area contributed by atoms with Crippen LogP contribution in [-0.4, -0.2) is 45.1 Å². The number of hydrogen-bond acceptors (Lipinski definition) is 7. The molecule has 1 amide bonds. The van der Waals surface area contributed by atoms with Crippen molar-refractivity contribution >= 4 is 22.8 Å². The van der Waals surface area contributed by atoms with Gasteiger partial charge in [-0.05, 0) is 55.5 Å². The summed E-state index contributed by atoms with van der Waals surface area (Å²) in [6, 6.07) is 11.3. The van der Waals surface area contributed by atoms with Gasteiger partial charge in [0, 0.05) is 6.54 Å². The smallest absolute Gasteiger partial charge is 0.293 e. The van der Waals surface area contributed by atoms with Gasteiger partial charge in [-0.3, -0.25) is 9.59 Å². The number of hydrogen-bond donors (Lipinski definition) is 1. The second-order valence-electron chi connectivity index (χ2n) is 7.18. The number of nitrogens with one attached hydrogen (secondary N) is 1. The molecular formula is C23H25N5O4S. The Bertz CT molecular complexity index is 1300. The summed E-state index contributed by atoms with van der Waals surface area (Å²) in [4.78, 5) is 26.1. The maximum Gasteiger partial charge on any atom is 0.293 e. The van der Waals surface area contributed by atoms with E-state index in [4.69, 9.17) is 9.47 Å². The molecule has 0 aliphatic carbocycles. The van der Waals surface area contributed by atoms with Crippen LogP contribution in [0.3, 0.4) is 0 Å². The molecule has 4 aromatic rings. The van der Waals surface area contributed by atoms with E-state index in [0.717, 1.165) is 15.1 Å². The van der Waals surface area contributed by atoms with E-state index in [0.29, 0.717) is 48.9 Å². The van der Waals surface area contributed by atoms with Crippen molar-refractivity contribution in [2.75, 3.05) is 19.8 Å². The lowest BCUT2D eigenvalue weighted by Crippen LogP contribution is -2.35. The van der Waals surface area contributed by atoms with Gasteiger partial charge < -0.3 is 14.8 Å². The number of aromatic nitrogens is 4. The molecule has 3 aromatic heterocycles. The third-order valence-electron chi connectivity index (χ3n) is 4.90. The van der Waals surface area contributed by atoms with Crippen LogP contribution in [0.2, 0.25) is 0 Å². The van der Waals surface area contributed by atoms with Gasteiger partial charge in [0.1, 0.15) is 24.1 Å². The third-order valence-corrected chi connectivity index (χ3v) is 5.79. The van der Waals surface area contributed by atoms with Gasteiger partial charge >= 0.3 is 0 Å². The molecule has 0 bridgehead atoms. The topological polar surface area (TPSA) is 99.8 Å². The van der Waals surface area contributed by atoms with Crippen LogP contribution in [0.15, 0.2) is 52.9 Å². The molecule has 0 unspecified atom stereocenters. The molecule has 172 valence electrons. The average Bonchev–Trinajstić information content (AvgIpc) is 3.48. The Labute approximate surface area is 194 Å². The van der Waals surface area contributed by atoms with Crippen LogP contribution in [0.5, 0.6) is 11.5 Å². The molecule has 0 aliphatic rings. The molecule has 4 rings (SSSR count). The minimum atomic E-state index is -0.365. The zero-order valence-electron chi connectivity index (χ0n) is 18.5. The Morgan fingerprint density at radius 3 is 2.70 bits per heavy atom. The first kappa shape index (κ1) is 22.5. The highest BCUT2D eigenvalue weighted by atomic mass is 32.1. The number of ether oxygens (including phenoxy) is 2. The predicted octanol–water partition coefficient (Wildman–Crippen LogP) is 2.78. The van der Waals surface area contributed by atoms with Gasteiger partial charge in [-0.2, -0.15) is 10.2 Å². The number of carbonyl (C=O) groups is 1. The average molecular weight is 468 g/mol. The van der Waals surface area contributed by atoms with E-state index in [-0.39, 0.29) is 18.0 Å². The van der Waals surface area contributed by atoms with Gasteiger partial charge in [0.05, 0.1) is 18.1 Å². The Balaban J connectivity index is 1.37. The van der Waals surface area contributed by atoms with E-state index < -0.39 is 0 Å². The Hall–Kier alpha value is -3.66. The number of rotatable bonds is 10. The number of fused-ring (bicyclic) bond motifs is 1. The van der Waals surface area contributed by atoms with Crippen molar-refractivity contribution in [1.29, 1.82) is 0 Å². The molecule has 0 spiro atoms. The summed E-state index contributed by atoms with van der Waals surface area (Å²) in [5.74, 6) is 1.10. The van der Waals surface area contributed by atoms with Gasteiger partial charge in [-0.15, -0.1) is 11.3 Å². The molecule has 1 aromatic carbocycles. The van der Waals surface area contributed by atoms with Gasteiger partial charge in [-0.25, -0.2) is 9.20 Å². The van der Waals surface area contributed by atoms with Crippen molar-refractivity contribution < 1.29 is 14.3 Å².